The van der Waals surface area contributed by atoms with Crippen LogP contribution in [0.3, 0.4) is 0 Å². The van der Waals surface area contributed by atoms with Crippen molar-refractivity contribution in [3.05, 3.63) is 28.2 Å². The minimum Gasteiger partial charge on any atom is -0.478 e. The summed E-state index contributed by atoms with van der Waals surface area (Å²) in [6.45, 7) is 4.31. The molecule has 0 amide bonds. The molecule has 0 heterocycles. The third-order valence-electron chi connectivity index (χ3n) is 2.60. The molecule has 1 aromatic rings. The first kappa shape index (κ1) is 14.0. The van der Waals surface area contributed by atoms with Crippen molar-refractivity contribution in [2.24, 2.45) is 0 Å². The molecule has 94 valence electrons. The van der Waals surface area contributed by atoms with E-state index in [0.29, 0.717) is 10.5 Å². The molecular formula is C13H18BrNO2. The molecule has 2 N–H and O–H groups in total. The second-order valence-corrected chi connectivity index (χ2v) is 5.04. The number of nitrogens with one attached hydrogen (secondary N) is 1. The lowest BCUT2D eigenvalue weighted by atomic mass is 10.1. The Bertz CT molecular complexity index is 393. The van der Waals surface area contributed by atoms with Crippen molar-refractivity contribution in [2.75, 3.05) is 5.32 Å². The quantitative estimate of drug-likeness (QED) is 0.830. The van der Waals surface area contributed by atoms with Gasteiger partial charge < -0.3 is 10.4 Å². The Morgan fingerprint density at radius 3 is 2.76 bits per heavy atom. The maximum absolute atomic E-state index is 10.8. The Morgan fingerprint density at radius 2 is 2.24 bits per heavy atom. The monoisotopic (exact) mass is 299 g/mol. The van der Waals surface area contributed by atoms with E-state index in [1.165, 1.54) is 12.8 Å². The van der Waals surface area contributed by atoms with Crippen molar-refractivity contribution in [1.29, 1.82) is 0 Å². The molecule has 0 bridgehead atoms. The zero-order valence-electron chi connectivity index (χ0n) is 10.2. The van der Waals surface area contributed by atoms with Crippen LogP contribution in [0.4, 0.5) is 5.69 Å². The molecule has 1 aromatic carbocycles. The third-order valence-corrected chi connectivity index (χ3v) is 3.26. The van der Waals surface area contributed by atoms with E-state index in [0.717, 1.165) is 12.1 Å². The van der Waals surface area contributed by atoms with Crippen molar-refractivity contribution >= 4 is 27.6 Å². The molecule has 4 heteroatoms. The topological polar surface area (TPSA) is 49.3 Å². The molecule has 1 unspecified atom stereocenters. The van der Waals surface area contributed by atoms with E-state index in [-0.39, 0.29) is 5.56 Å². The van der Waals surface area contributed by atoms with Crippen LogP contribution in [0, 0.1) is 0 Å². The lowest BCUT2D eigenvalue weighted by molar-refractivity contribution is 0.0696. The fraction of sp³-hybridized carbons (Fsp3) is 0.462. The molecule has 0 fully saturated rings. The highest BCUT2D eigenvalue weighted by Gasteiger charge is 2.09. The molecule has 0 saturated heterocycles. The van der Waals surface area contributed by atoms with E-state index < -0.39 is 5.97 Å². The molecule has 0 aliphatic heterocycles. The van der Waals surface area contributed by atoms with Crippen LogP contribution in [-0.2, 0) is 0 Å². The molecular weight excluding hydrogens is 282 g/mol. The minimum absolute atomic E-state index is 0.289. The molecule has 1 rings (SSSR count). The standard InChI is InChI=1S/C13H18BrNO2/c1-3-4-5-9(2)15-10-6-7-11(13(16)17)12(14)8-10/h6-9,15H,3-5H2,1-2H3,(H,16,17). The SMILES string of the molecule is CCCCC(C)Nc1ccc(C(=O)O)c(Br)c1. The van der Waals surface area contributed by atoms with Gasteiger partial charge in [-0.3, -0.25) is 0 Å². The molecule has 0 spiro atoms. The van der Waals surface area contributed by atoms with Gasteiger partial charge in [0.05, 0.1) is 5.56 Å². The lowest BCUT2D eigenvalue weighted by Crippen LogP contribution is -2.14. The summed E-state index contributed by atoms with van der Waals surface area (Å²) in [5, 5.41) is 12.3. The van der Waals surface area contributed by atoms with Gasteiger partial charge in [-0.25, -0.2) is 4.79 Å². The maximum atomic E-state index is 10.8. The van der Waals surface area contributed by atoms with E-state index >= 15 is 0 Å². The fourth-order valence-electron chi connectivity index (χ4n) is 1.65. The van der Waals surface area contributed by atoms with Crippen LogP contribution in [-0.4, -0.2) is 17.1 Å². The van der Waals surface area contributed by atoms with Gasteiger partial charge in [0.15, 0.2) is 0 Å². The molecule has 0 aliphatic carbocycles. The Morgan fingerprint density at radius 1 is 1.53 bits per heavy atom. The summed E-state index contributed by atoms with van der Waals surface area (Å²) in [7, 11) is 0. The van der Waals surface area contributed by atoms with Crippen molar-refractivity contribution in [3.8, 4) is 0 Å². The highest BCUT2D eigenvalue weighted by atomic mass is 79.9. The van der Waals surface area contributed by atoms with Crippen LogP contribution in [0.25, 0.3) is 0 Å². The molecule has 0 aliphatic rings. The Balaban J connectivity index is 2.67. The number of aromatic carboxylic acids is 1. The summed E-state index contributed by atoms with van der Waals surface area (Å²) in [4.78, 5) is 10.8. The summed E-state index contributed by atoms with van der Waals surface area (Å²) in [6, 6.07) is 5.63. The van der Waals surface area contributed by atoms with Crippen molar-refractivity contribution in [1.82, 2.24) is 0 Å². The van der Waals surface area contributed by atoms with Gasteiger partial charge in [0, 0.05) is 16.2 Å². The fourth-order valence-corrected chi connectivity index (χ4v) is 2.19. The van der Waals surface area contributed by atoms with E-state index in [4.69, 9.17) is 5.11 Å². The number of carbonyl (C=O) groups is 1. The summed E-state index contributed by atoms with van der Waals surface area (Å²) in [5.74, 6) is -0.914. The molecule has 0 radical (unpaired) electrons. The van der Waals surface area contributed by atoms with Crippen LogP contribution in [0.2, 0.25) is 0 Å². The molecule has 3 nitrogen and oxygen atoms in total. The van der Waals surface area contributed by atoms with Crippen LogP contribution in [0.1, 0.15) is 43.5 Å². The van der Waals surface area contributed by atoms with Crippen molar-refractivity contribution < 1.29 is 9.90 Å². The smallest absolute Gasteiger partial charge is 0.336 e. The number of anilines is 1. The van der Waals surface area contributed by atoms with E-state index in [1.54, 1.807) is 12.1 Å². The van der Waals surface area contributed by atoms with Gasteiger partial charge in [-0.15, -0.1) is 0 Å². The third kappa shape index (κ3) is 4.38. The van der Waals surface area contributed by atoms with Gasteiger partial charge in [0.2, 0.25) is 0 Å². The Labute approximate surface area is 110 Å². The van der Waals surface area contributed by atoms with Crippen molar-refractivity contribution in [2.45, 2.75) is 39.2 Å². The van der Waals surface area contributed by atoms with Gasteiger partial charge in [-0.2, -0.15) is 0 Å². The molecule has 1 atom stereocenters. The molecule has 0 saturated carbocycles. The average molecular weight is 300 g/mol. The minimum atomic E-state index is -0.914. The van der Waals surface area contributed by atoms with Crippen LogP contribution < -0.4 is 5.32 Å². The van der Waals surface area contributed by atoms with E-state index in [9.17, 15) is 4.79 Å². The first-order valence-corrected chi connectivity index (χ1v) is 6.63. The summed E-state index contributed by atoms with van der Waals surface area (Å²) in [5.41, 5.74) is 1.24. The number of halogens is 1. The predicted molar refractivity (Wildman–Crippen MR) is 73.7 cm³/mol. The van der Waals surface area contributed by atoms with Gasteiger partial charge >= 0.3 is 5.97 Å². The second kappa shape index (κ2) is 6.64. The van der Waals surface area contributed by atoms with E-state index in [2.05, 4.69) is 35.1 Å². The van der Waals surface area contributed by atoms with Crippen molar-refractivity contribution in [3.63, 3.8) is 0 Å². The Hall–Kier alpha value is -1.03. The maximum Gasteiger partial charge on any atom is 0.336 e. The second-order valence-electron chi connectivity index (χ2n) is 4.19. The first-order valence-electron chi connectivity index (χ1n) is 5.84. The van der Waals surface area contributed by atoms with E-state index in [1.807, 2.05) is 6.07 Å². The number of carboxylic acid groups (broad SMARTS) is 1. The number of hydrogen-bond donors (Lipinski definition) is 2. The van der Waals surface area contributed by atoms with Gasteiger partial charge in [-0.1, -0.05) is 19.8 Å². The van der Waals surface area contributed by atoms with Crippen LogP contribution >= 0.6 is 15.9 Å². The average Bonchev–Trinajstić information content (AvgIpc) is 2.26. The first-order chi connectivity index (χ1) is 8.04. The summed E-state index contributed by atoms with van der Waals surface area (Å²) < 4.78 is 0.609. The Kier molecular flexibility index (Phi) is 5.48. The van der Waals surface area contributed by atoms with Crippen LogP contribution in [0.5, 0.6) is 0 Å². The zero-order chi connectivity index (χ0) is 12.8. The number of rotatable bonds is 6. The van der Waals surface area contributed by atoms with Crippen LogP contribution in [0.15, 0.2) is 22.7 Å². The lowest BCUT2D eigenvalue weighted by Gasteiger charge is -2.15. The highest BCUT2D eigenvalue weighted by Crippen LogP contribution is 2.22. The van der Waals surface area contributed by atoms with Gasteiger partial charge in [-0.05, 0) is 47.5 Å². The largest absolute Gasteiger partial charge is 0.478 e. The van der Waals surface area contributed by atoms with Gasteiger partial charge in [0.25, 0.3) is 0 Å². The zero-order valence-corrected chi connectivity index (χ0v) is 11.8. The highest BCUT2D eigenvalue weighted by molar-refractivity contribution is 9.10. The number of hydrogen-bond acceptors (Lipinski definition) is 2. The molecule has 17 heavy (non-hydrogen) atoms. The molecule has 0 aromatic heterocycles. The summed E-state index contributed by atoms with van der Waals surface area (Å²) in [6.07, 6.45) is 3.50. The summed E-state index contributed by atoms with van der Waals surface area (Å²) >= 11 is 3.27. The normalized spacial score (nSPS) is 12.2. The number of unbranched alkanes of at least 4 members (excludes halogenated alkanes) is 1. The van der Waals surface area contributed by atoms with Gasteiger partial charge in [0.1, 0.15) is 0 Å². The number of benzene rings is 1. The predicted octanol–water partition coefficient (Wildman–Crippen LogP) is 4.14. The number of carboxylic acids is 1.